The molecule has 0 radical (unpaired) electrons. The molecule has 0 spiro atoms. The van der Waals surface area contributed by atoms with Gasteiger partial charge in [-0.15, -0.1) is 0 Å². The van der Waals surface area contributed by atoms with Gasteiger partial charge in [-0.25, -0.2) is 9.78 Å². The minimum Gasteiger partial charge on any atom is -0.462 e. The molecule has 112 valence electrons. The topological polar surface area (TPSA) is 86.1 Å². The van der Waals surface area contributed by atoms with Crippen molar-refractivity contribution in [2.24, 2.45) is 7.05 Å². The quantitative estimate of drug-likeness (QED) is 0.872. The van der Waals surface area contributed by atoms with E-state index >= 15 is 0 Å². The number of hydrogen-bond donors (Lipinski definition) is 1. The van der Waals surface area contributed by atoms with Gasteiger partial charge in [-0.2, -0.15) is 5.10 Å². The van der Waals surface area contributed by atoms with Crippen molar-refractivity contribution in [1.29, 1.82) is 0 Å². The minimum absolute atomic E-state index is 0.297. The number of nitrogens with zero attached hydrogens (tertiary/aromatic N) is 3. The largest absolute Gasteiger partial charge is 0.462 e. The Balaban J connectivity index is 2.15. The summed E-state index contributed by atoms with van der Waals surface area (Å²) in [6.07, 6.45) is 0. The summed E-state index contributed by atoms with van der Waals surface area (Å²) in [5.74, 6) is -0.787. The van der Waals surface area contributed by atoms with Crippen LogP contribution in [0.5, 0.6) is 0 Å². The van der Waals surface area contributed by atoms with Gasteiger partial charge in [0.1, 0.15) is 4.88 Å². The van der Waals surface area contributed by atoms with Crippen LogP contribution in [0, 0.1) is 13.8 Å². The maximum absolute atomic E-state index is 12.1. The molecule has 0 atom stereocenters. The van der Waals surface area contributed by atoms with E-state index in [1.165, 1.54) is 0 Å². The number of nitrogens with one attached hydrogen (secondary N) is 1. The van der Waals surface area contributed by atoms with Crippen LogP contribution in [0.4, 0.5) is 5.13 Å². The Labute approximate surface area is 125 Å². The van der Waals surface area contributed by atoms with E-state index in [0.717, 1.165) is 17.0 Å². The van der Waals surface area contributed by atoms with Gasteiger partial charge >= 0.3 is 5.97 Å². The van der Waals surface area contributed by atoms with Gasteiger partial charge in [-0.3, -0.25) is 14.8 Å². The van der Waals surface area contributed by atoms with Gasteiger partial charge in [0, 0.05) is 12.7 Å². The van der Waals surface area contributed by atoms with Crippen LogP contribution in [0.25, 0.3) is 0 Å². The van der Waals surface area contributed by atoms with E-state index in [0.29, 0.717) is 28.0 Å². The van der Waals surface area contributed by atoms with E-state index < -0.39 is 5.97 Å². The molecule has 0 aliphatic carbocycles. The first-order valence-corrected chi connectivity index (χ1v) is 7.20. The van der Waals surface area contributed by atoms with Crippen molar-refractivity contribution in [2.45, 2.75) is 20.8 Å². The summed E-state index contributed by atoms with van der Waals surface area (Å²) in [4.78, 5) is 28.3. The maximum atomic E-state index is 12.1. The van der Waals surface area contributed by atoms with Gasteiger partial charge in [-0.05, 0) is 26.8 Å². The second kappa shape index (κ2) is 6.04. The predicted molar refractivity (Wildman–Crippen MR) is 78.7 cm³/mol. The average molecular weight is 308 g/mol. The van der Waals surface area contributed by atoms with Gasteiger partial charge in [0.05, 0.1) is 12.3 Å². The summed E-state index contributed by atoms with van der Waals surface area (Å²) >= 11 is 1.09. The first kappa shape index (κ1) is 15.2. The molecular weight excluding hydrogens is 292 g/mol. The number of ether oxygens (including phenoxy) is 1. The Hall–Kier alpha value is -2.22. The highest BCUT2D eigenvalue weighted by atomic mass is 32.1. The number of amides is 1. The van der Waals surface area contributed by atoms with E-state index in [4.69, 9.17) is 4.74 Å². The summed E-state index contributed by atoms with van der Waals surface area (Å²) in [6, 6.07) is 1.68. The van der Waals surface area contributed by atoms with Gasteiger partial charge in [0.2, 0.25) is 0 Å². The molecule has 0 aliphatic heterocycles. The Kier molecular flexibility index (Phi) is 4.37. The average Bonchev–Trinajstić information content (AvgIpc) is 2.94. The normalized spacial score (nSPS) is 10.5. The number of rotatable bonds is 4. The number of anilines is 1. The standard InChI is InChI=1S/C13H16N4O3S/c1-5-20-12(19)10-8(3)14-13(21-10)15-11(18)9-6-7(2)17(4)16-9/h6H,5H2,1-4H3,(H,14,15,18). The molecule has 0 fully saturated rings. The Morgan fingerprint density at radius 1 is 1.43 bits per heavy atom. The summed E-state index contributed by atoms with van der Waals surface area (Å²) in [5.41, 5.74) is 1.72. The Morgan fingerprint density at radius 3 is 2.71 bits per heavy atom. The summed E-state index contributed by atoms with van der Waals surface area (Å²) in [6.45, 7) is 5.59. The zero-order valence-electron chi connectivity index (χ0n) is 12.3. The maximum Gasteiger partial charge on any atom is 0.350 e. The van der Waals surface area contributed by atoms with Gasteiger partial charge in [0.15, 0.2) is 10.8 Å². The van der Waals surface area contributed by atoms with Crippen molar-refractivity contribution >= 4 is 28.3 Å². The van der Waals surface area contributed by atoms with Gasteiger partial charge in [-0.1, -0.05) is 11.3 Å². The van der Waals surface area contributed by atoms with E-state index in [1.807, 2.05) is 6.92 Å². The van der Waals surface area contributed by atoms with E-state index in [-0.39, 0.29) is 5.91 Å². The zero-order chi connectivity index (χ0) is 15.6. The fourth-order valence-corrected chi connectivity index (χ4v) is 2.52. The molecule has 0 unspecified atom stereocenters. The minimum atomic E-state index is -0.429. The molecular formula is C13H16N4O3S. The molecule has 0 aromatic carbocycles. The molecule has 2 heterocycles. The van der Waals surface area contributed by atoms with Crippen LogP contribution in [0.2, 0.25) is 0 Å². The van der Waals surface area contributed by atoms with Crippen LogP contribution in [-0.4, -0.2) is 33.2 Å². The number of aromatic nitrogens is 3. The number of carbonyl (C=O) groups is 2. The predicted octanol–water partition coefficient (Wildman–Crippen LogP) is 1.92. The van der Waals surface area contributed by atoms with Crippen molar-refractivity contribution in [1.82, 2.24) is 14.8 Å². The number of hydrogen-bond acceptors (Lipinski definition) is 6. The van der Waals surface area contributed by atoms with Crippen LogP contribution in [-0.2, 0) is 11.8 Å². The van der Waals surface area contributed by atoms with Crippen LogP contribution >= 0.6 is 11.3 Å². The lowest BCUT2D eigenvalue weighted by molar-refractivity contribution is 0.0531. The molecule has 7 nitrogen and oxygen atoms in total. The number of esters is 1. The lowest BCUT2D eigenvalue weighted by Gasteiger charge is -1.98. The van der Waals surface area contributed by atoms with Crippen molar-refractivity contribution in [3.8, 4) is 0 Å². The van der Waals surface area contributed by atoms with Crippen LogP contribution in [0.3, 0.4) is 0 Å². The fraction of sp³-hybridized carbons (Fsp3) is 0.385. The van der Waals surface area contributed by atoms with Crippen LogP contribution < -0.4 is 5.32 Å². The van der Waals surface area contributed by atoms with Crippen LogP contribution in [0.15, 0.2) is 6.07 Å². The van der Waals surface area contributed by atoms with Crippen molar-refractivity contribution in [3.63, 3.8) is 0 Å². The molecule has 0 aliphatic rings. The second-order valence-corrected chi connectivity index (χ2v) is 5.40. The summed E-state index contributed by atoms with van der Waals surface area (Å²) in [5, 5.41) is 7.08. The van der Waals surface area contributed by atoms with E-state index in [9.17, 15) is 9.59 Å². The number of thiazole rings is 1. The Morgan fingerprint density at radius 2 is 2.14 bits per heavy atom. The number of carbonyl (C=O) groups excluding carboxylic acids is 2. The highest BCUT2D eigenvalue weighted by Crippen LogP contribution is 2.23. The zero-order valence-corrected chi connectivity index (χ0v) is 13.1. The van der Waals surface area contributed by atoms with E-state index in [2.05, 4.69) is 15.4 Å². The third-order valence-electron chi connectivity index (χ3n) is 2.82. The molecule has 21 heavy (non-hydrogen) atoms. The van der Waals surface area contributed by atoms with Gasteiger partial charge in [0.25, 0.3) is 5.91 Å². The molecule has 8 heteroatoms. The molecule has 2 rings (SSSR count). The lowest BCUT2D eigenvalue weighted by atomic mass is 10.3. The fourth-order valence-electron chi connectivity index (χ4n) is 1.67. The monoisotopic (exact) mass is 308 g/mol. The third-order valence-corrected chi connectivity index (χ3v) is 3.88. The molecule has 0 bridgehead atoms. The first-order chi connectivity index (χ1) is 9.92. The summed E-state index contributed by atoms with van der Waals surface area (Å²) in [7, 11) is 1.76. The Bertz CT molecular complexity index is 670. The summed E-state index contributed by atoms with van der Waals surface area (Å²) < 4.78 is 6.55. The lowest BCUT2D eigenvalue weighted by Crippen LogP contribution is -2.12. The van der Waals surface area contributed by atoms with Gasteiger partial charge < -0.3 is 4.74 Å². The number of aryl methyl sites for hydroxylation is 3. The second-order valence-electron chi connectivity index (χ2n) is 4.40. The van der Waals surface area contributed by atoms with Crippen LogP contribution in [0.1, 0.15) is 38.5 Å². The molecule has 2 aromatic rings. The third kappa shape index (κ3) is 3.27. The molecule has 2 aromatic heterocycles. The molecule has 0 saturated heterocycles. The molecule has 1 N–H and O–H groups in total. The highest BCUT2D eigenvalue weighted by molar-refractivity contribution is 7.17. The van der Waals surface area contributed by atoms with Crippen molar-refractivity contribution < 1.29 is 14.3 Å². The van der Waals surface area contributed by atoms with Crippen molar-refractivity contribution in [3.05, 3.63) is 28.0 Å². The van der Waals surface area contributed by atoms with Crippen molar-refractivity contribution in [2.75, 3.05) is 11.9 Å². The highest BCUT2D eigenvalue weighted by Gasteiger charge is 2.19. The first-order valence-electron chi connectivity index (χ1n) is 6.39. The smallest absolute Gasteiger partial charge is 0.350 e. The van der Waals surface area contributed by atoms with E-state index in [1.54, 1.807) is 31.6 Å². The molecule has 1 amide bonds. The molecule has 0 saturated carbocycles. The SMILES string of the molecule is CCOC(=O)c1sc(NC(=O)c2cc(C)n(C)n2)nc1C.